The SMILES string of the molecule is N#Cc1scnc1Nc1cccc(C(F)(F)F)c1. The Balaban J connectivity index is 2.28. The second kappa shape index (κ2) is 4.66. The third kappa shape index (κ3) is 2.60. The van der Waals surface area contributed by atoms with E-state index >= 15 is 0 Å². The van der Waals surface area contributed by atoms with Crippen molar-refractivity contribution in [3.8, 4) is 6.07 Å². The Labute approximate surface area is 105 Å². The first-order chi connectivity index (χ1) is 8.50. The fraction of sp³-hybridized carbons (Fsp3) is 0.0909. The van der Waals surface area contributed by atoms with Gasteiger partial charge in [-0.1, -0.05) is 6.07 Å². The van der Waals surface area contributed by atoms with Gasteiger partial charge in [-0.2, -0.15) is 18.4 Å². The minimum Gasteiger partial charge on any atom is -0.338 e. The zero-order chi connectivity index (χ0) is 13.2. The molecule has 0 fully saturated rings. The van der Waals surface area contributed by atoms with Gasteiger partial charge in [-0.3, -0.25) is 0 Å². The molecule has 2 aromatic rings. The molecule has 0 aliphatic rings. The molecule has 7 heteroatoms. The summed E-state index contributed by atoms with van der Waals surface area (Å²) in [7, 11) is 0. The highest BCUT2D eigenvalue weighted by Crippen LogP contribution is 2.31. The molecule has 0 aliphatic carbocycles. The number of anilines is 2. The first-order valence-electron chi connectivity index (χ1n) is 4.78. The number of halogens is 3. The molecule has 0 radical (unpaired) electrons. The first-order valence-corrected chi connectivity index (χ1v) is 5.66. The van der Waals surface area contributed by atoms with Crippen LogP contribution in [0.1, 0.15) is 10.4 Å². The molecule has 1 heterocycles. The number of nitrogens with zero attached hydrogens (tertiary/aromatic N) is 2. The molecule has 0 spiro atoms. The summed E-state index contributed by atoms with van der Waals surface area (Å²) in [4.78, 5) is 4.20. The van der Waals surface area contributed by atoms with E-state index in [1.165, 1.54) is 17.6 Å². The van der Waals surface area contributed by atoms with E-state index < -0.39 is 11.7 Å². The molecule has 0 aliphatic heterocycles. The van der Waals surface area contributed by atoms with E-state index in [9.17, 15) is 13.2 Å². The van der Waals surface area contributed by atoms with Crippen LogP contribution in [0, 0.1) is 11.3 Å². The number of rotatable bonds is 2. The van der Waals surface area contributed by atoms with Crippen LogP contribution in [0.2, 0.25) is 0 Å². The summed E-state index contributed by atoms with van der Waals surface area (Å²) >= 11 is 1.12. The van der Waals surface area contributed by atoms with Crippen LogP contribution in [0.3, 0.4) is 0 Å². The largest absolute Gasteiger partial charge is 0.416 e. The lowest BCUT2D eigenvalue weighted by atomic mass is 10.2. The average molecular weight is 269 g/mol. The predicted molar refractivity (Wildman–Crippen MR) is 61.6 cm³/mol. The number of hydrogen-bond acceptors (Lipinski definition) is 4. The summed E-state index contributed by atoms with van der Waals surface area (Å²) in [6.07, 6.45) is -4.39. The minimum atomic E-state index is -4.39. The van der Waals surface area contributed by atoms with Gasteiger partial charge in [0.1, 0.15) is 10.9 Å². The average Bonchev–Trinajstić information content (AvgIpc) is 2.75. The molecule has 0 saturated heterocycles. The highest BCUT2D eigenvalue weighted by Gasteiger charge is 2.30. The van der Waals surface area contributed by atoms with Crippen LogP contribution in [0.4, 0.5) is 24.7 Å². The second-order valence-electron chi connectivity index (χ2n) is 3.35. The Bertz CT molecular complexity index is 598. The third-order valence-electron chi connectivity index (χ3n) is 2.12. The number of nitrogens with one attached hydrogen (secondary N) is 1. The summed E-state index contributed by atoms with van der Waals surface area (Å²) in [6, 6.07) is 6.65. The molecule has 0 saturated carbocycles. The number of alkyl halides is 3. The van der Waals surface area contributed by atoms with Crippen molar-refractivity contribution in [3.63, 3.8) is 0 Å². The van der Waals surface area contributed by atoms with Gasteiger partial charge in [-0.15, -0.1) is 11.3 Å². The van der Waals surface area contributed by atoms with E-state index in [2.05, 4.69) is 10.3 Å². The van der Waals surface area contributed by atoms with Crippen LogP contribution in [-0.2, 0) is 6.18 Å². The maximum atomic E-state index is 12.5. The molecular weight excluding hydrogens is 263 g/mol. The molecule has 2 rings (SSSR count). The molecule has 92 valence electrons. The molecule has 0 amide bonds. The van der Waals surface area contributed by atoms with Crippen molar-refractivity contribution < 1.29 is 13.2 Å². The summed E-state index contributed by atoms with van der Waals surface area (Å²) < 4.78 is 37.5. The lowest BCUT2D eigenvalue weighted by Crippen LogP contribution is -2.05. The van der Waals surface area contributed by atoms with E-state index in [-0.39, 0.29) is 11.5 Å². The van der Waals surface area contributed by atoms with E-state index in [0.29, 0.717) is 4.88 Å². The number of aromatic nitrogens is 1. The Hall–Kier alpha value is -2.07. The normalized spacial score (nSPS) is 11.0. The summed E-state index contributed by atoms with van der Waals surface area (Å²) in [5.41, 5.74) is 0.947. The van der Waals surface area contributed by atoms with Gasteiger partial charge in [0.2, 0.25) is 0 Å². The van der Waals surface area contributed by atoms with Crippen molar-refractivity contribution in [1.29, 1.82) is 5.26 Å². The molecular formula is C11H6F3N3S. The molecule has 1 aromatic carbocycles. The van der Waals surface area contributed by atoms with Crippen molar-refractivity contribution in [2.75, 3.05) is 5.32 Å². The number of thiazole rings is 1. The van der Waals surface area contributed by atoms with Gasteiger partial charge in [-0.05, 0) is 18.2 Å². The van der Waals surface area contributed by atoms with Gasteiger partial charge in [0.25, 0.3) is 0 Å². The van der Waals surface area contributed by atoms with E-state index in [4.69, 9.17) is 5.26 Å². The monoisotopic (exact) mass is 269 g/mol. The summed E-state index contributed by atoms with van der Waals surface area (Å²) in [5.74, 6) is 0.266. The Morgan fingerprint density at radius 3 is 2.78 bits per heavy atom. The fourth-order valence-electron chi connectivity index (χ4n) is 1.32. The van der Waals surface area contributed by atoms with Gasteiger partial charge in [-0.25, -0.2) is 4.98 Å². The molecule has 0 unspecified atom stereocenters. The highest BCUT2D eigenvalue weighted by atomic mass is 32.1. The van der Waals surface area contributed by atoms with Crippen molar-refractivity contribution in [2.45, 2.75) is 6.18 Å². The van der Waals surface area contributed by atoms with E-state index in [1.807, 2.05) is 6.07 Å². The second-order valence-corrected chi connectivity index (χ2v) is 4.20. The Morgan fingerprint density at radius 2 is 2.11 bits per heavy atom. The number of hydrogen-bond donors (Lipinski definition) is 1. The van der Waals surface area contributed by atoms with Crippen LogP contribution in [0.15, 0.2) is 29.8 Å². The number of nitriles is 1. The van der Waals surface area contributed by atoms with Crippen molar-refractivity contribution >= 4 is 22.8 Å². The Kier molecular flexibility index (Phi) is 3.21. The van der Waals surface area contributed by atoms with Gasteiger partial charge >= 0.3 is 6.18 Å². The molecule has 3 nitrogen and oxygen atoms in total. The van der Waals surface area contributed by atoms with Crippen molar-refractivity contribution in [2.24, 2.45) is 0 Å². The molecule has 1 N–H and O–H groups in total. The van der Waals surface area contributed by atoms with Crippen LogP contribution in [0.5, 0.6) is 0 Å². The zero-order valence-electron chi connectivity index (χ0n) is 8.82. The molecule has 0 bridgehead atoms. The van der Waals surface area contributed by atoms with Crippen LogP contribution in [-0.4, -0.2) is 4.98 Å². The lowest BCUT2D eigenvalue weighted by molar-refractivity contribution is -0.137. The maximum Gasteiger partial charge on any atom is 0.416 e. The maximum absolute atomic E-state index is 12.5. The zero-order valence-corrected chi connectivity index (χ0v) is 9.64. The lowest BCUT2D eigenvalue weighted by Gasteiger charge is -2.09. The summed E-state index contributed by atoms with van der Waals surface area (Å²) in [6.45, 7) is 0. The van der Waals surface area contributed by atoms with Gasteiger partial charge in [0.05, 0.1) is 11.1 Å². The predicted octanol–water partition coefficient (Wildman–Crippen LogP) is 3.78. The third-order valence-corrected chi connectivity index (χ3v) is 2.85. The topological polar surface area (TPSA) is 48.7 Å². The molecule has 1 aromatic heterocycles. The van der Waals surface area contributed by atoms with Gasteiger partial charge in [0, 0.05) is 5.69 Å². The van der Waals surface area contributed by atoms with Crippen LogP contribution >= 0.6 is 11.3 Å². The van der Waals surface area contributed by atoms with E-state index in [0.717, 1.165) is 23.5 Å². The minimum absolute atomic E-state index is 0.243. The summed E-state index contributed by atoms with van der Waals surface area (Å²) in [5, 5.41) is 11.5. The van der Waals surface area contributed by atoms with Crippen molar-refractivity contribution in [1.82, 2.24) is 4.98 Å². The van der Waals surface area contributed by atoms with Crippen LogP contribution < -0.4 is 5.32 Å². The number of benzene rings is 1. The van der Waals surface area contributed by atoms with Gasteiger partial charge in [0.15, 0.2) is 5.82 Å². The standard InChI is InChI=1S/C11H6F3N3S/c12-11(13,14)7-2-1-3-8(4-7)17-10-9(5-15)18-6-16-10/h1-4,6,17H. The van der Waals surface area contributed by atoms with Crippen LogP contribution in [0.25, 0.3) is 0 Å². The highest BCUT2D eigenvalue weighted by molar-refractivity contribution is 7.10. The Morgan fingerprint density at radius 1 is 1.33 bits per heavy atom. The quantitative estimate of drug-likeness (QED) is 0.902. The van der Waals surface area contributed by atoms with Gasteiger partial charge < -0.3 is 5.32 Å². The smallest absolute Gasteiger partial charge is 0.338 e. The fourth-order valence-corrected chi connectivity index (χ4v) is 1.86. The first kappa shape index (κ1) is 12.4. The van der Waals surface area contributed by atoms with Crippen molar-refractivity contribution in [3.05, 3.63) is 40.2 Å². The molecule has 0 atom stereocenters. The van der Waals surface area contributed by atoms with E-state index in [1.54, 1.807) is 0 Å². The molecule has 18 heavy (non-hydrogen) atoms.